The van der Waals surface area contributed by atoms with Crippen molar-refractivity contribution in [1.82, 2.24) is 19.9 Å². The van der Waals surface area contributed by atoms with Crippen molar-refractivity contribution in [3.63, 3.8) is 0 Å². The highest BCUT2D eigenvalue weighted by Gasteiger charge is 2.22. The molecule has 1 amide bonds. The first-order valence-electron chi connectivity index (χ1n) is 9.10. The summed E-state index contributed by atoms with van der Waals surface area (Å²) >= 11 is 6.03. The number of fused-ring (bicyclic) bond motifs is 1. The quantitative estimate of drug-likeness (QED) is 0.733. The number of halogens is 1. The lowest BCUT2D eigenvalue weighted by Gasteiger charge is -2.25. The van der Waals surface area contributed by atoms with Crippen molar-refractivity contribution in [1.29, 1.82) is 0 Å². The number of rotatable bonds is 6. The van der Waals surface area contributed by atoms with Crippen molar-refractivity contribution in [2.45, 2.75) is 66.0 Å². The van der Waals surface area contributed by atoms with Gasteiger partial charge < -0.3 is 14.6 Å². The van der Waals surface area contributed by atoms with Crippen molar-refractivity contribution in [2.24, 2.45) is 5.92 Å². The first-order chi connectivity index (χ1) is 12.1. The molecule has 2 heterocycles. The number of amides is 1. The Labute approximate surface area is 160 Å². The number of aryl methyl sites for hydroxylation is 1. The smallest absolute Gasteiger partial charge is 0.407 e. The number of alkyl carbamates (subject to hydrolysis) is 1. The lowest BCUT2D eigenvalue weighted by molar-refractivity contribution is 0.0518. The molecule has 26 heavy (non-hydrogen) atoms. The molecule has 0 aromatic carbocycles. The van der Waals surface area contributed by atoms with E-state index in [-0.39, 0.29) is 11.3 Å². The zero-order valence-electron chi connectivity index (χ0n) is 16.5. The lowest BCUT2D eigenvalue weighted by Crippen LogP contribution is -2.36. The standard InChI is InChI=1S/C19H29ClN4O2/c1-7-14-9-13-10-21-17(20)23-16(13)24(14)15(8-12(2)3)11-22-18(25)26-19(4,5)6/h9-10,12,15H,7-8,11H2,1-6H3,(H,22,25). The molecular weight excluding hydrogens is 352 g/mol. The number of aromatic nitrogens is 3. The molecule has 0 aliphatic carbocycles. The van der Waals surface area contributed by atoms with Crippen LogP contribution in [0.2, 0.25) is 5.28 Å². The van der Waals surface area contributed by atoms with E-state index in [1.165, 1.54) is 0 Å². The molecule has 144 valence electrons. The van der Waals surface area contributed by atoms with Gasteiger partial charge in [-0.2, -0.15) is 4.98 Å². The minimum atomic E-state index is -0.521. The van der Waals surface area contributed by atoms with Gasteiger partial charge in [0.2, 0.25) is 5.28 Å². The lowest BCUT2D eigenvalue weighted by atomic mass is 10.0. The molecule has 0 aliphatic rings. The Kier molecular flexibility index (Phi) is 6.50. The normalized spacial score (nSPS) is 13.2. The number of nitrogens with one attached hydrogen (secondary N) is 1. The van der Waals surface area contributed by atoms with Gasteiger partial charge in [-0.15, -0.1) is 0 Å². The van der Waals surface area contributed by atoms with Gasteiger partial charge in [-0.25, -0.2) is 9.78 Å². The summed E-state index contributed by atoms with van der Waals surface area (Å²) in [5.41, 5.74) is 1.43. The van der Waals surface area contributed by atoms with Gasteiger partial charge in [0.15, 0.2) is 0 Å². The highest BCUT2D eigenvalue weighted by molar-refractivity contribution is 6.28. The maximum absolute atomic E-state index is 12.1. The number of carbonyl (C=O) groups is 1. The number of nitrogens with zero attached hydrogens (tertiary/aromatic N) is 3. The van der Waals surface area contributed by atoms with Gasteiger partial charge in [0, 0.05) is 23.8 Å². The van der Waals surface area contributed by atoms with Gasteiger partial charge >= 0.3 is 6.09 Å². The molecule has 0 fully saturated rings. The van der Waals surface area contributed by atoms with Gasteiger partial charge in [-0.1, -0.05) is 20.8 Å². The molecule has 0 radical (unpaired) electrons. The summed E-state index contributed by atoms with van der Waals surface area (Å²) in [5, 5.41) is 4.09. The van der Waals surface area contributed by atoms with Crippen molar-refractivity contribution in [3.05, 3.63) is 23.2 Å². The van der Waals surface area contributed by atoms with Crippen LogP contribution in [0.3, 0.4) is 0 Å². The third-order valence-electron chi connectivity index (χ3n) is 3.98. The predicted octanol–water partition coefficient (Wildman–Crippen LogP) is 4.76. The van der Waals surface area contributed by atoms with Crippen LogP contribution in [-0.4, -0.2) is 32.8 Å². The highest BCUT2D eigenvalue weighted by Crippen LogP contribution is 2.27. The zero-order valence-corrected chi connectivity index (χ0v) is 17.2. The summed E-state index contributed by atoms with van der Waals surface area (Å²) < 4.78 is 7.55. The zero-order chi connectivity index (χ0) is 19.5. The summed E-state index contributed by atoms with van der Waals surface area (Å²) in [5.74, 6) is 0.458. The maximum Gasteiger partial charge on any atom is 0.407 e. The van der Waals surface area contributed by atoms with Crippen LogP contribution in [0.1, 0.15) is 59.7 Å². The second-order valence-corrected chi connectivity index (χ2v) is 8.28. The van der Waals surface area contributed by atoms with Crippen LogP contribution >= 0.6 is 11.6 Å². The summed E-state index contributed by atoms with van der Waals surface area (Å²) in [6.07, 6.45) is 3.09. The van der Waals surface area contributed by atoms with Crippen LogP contribution < -0.4 is 5.32 Å². The van der Waals surface area contributed by atoms with Crippen molar-refractivity contribution in [3.8, 4) is 0 Å². The maximum atomic E-state index is 12.1. The van der Waals surface area contributed by atoms with Gasteiger partial charge in [-0.3, -0.25) is 0 Å². The average Bonchev–Trinajstić information content (AvgIpc) is 2.87. The molecule has 2 aromatic heterocycles. The highest BCUT2D eigenvalue weighted by atomic mass is 35.5. The van der Waals surface area contributed by atoms with Crippen LogP contribution in [0, 0.1) is 5.92 Å². The fourth-order valence-electron chi connectivity index (χ4n) is 3.06. The van der Waals surface area contributed by atoms with Crippen LogP contribution in [0.15, 0.2) is 12.3 Å². The largest absolute Gasteiger partial charge is 0.444 e. The number of ether oxygens (including phenoxy) is 1. The van der Waals surface area contributed by atoms with Gasteiger partial charge in [-0.05, 0) is 57.2 Å². The Balaban J connectivity index is 2.33. The number of carbonyl (C=O) groups excluding carboxylic acids is 1. The molecule has 1 unspecified atom stereocenters. The van der Waals surface area contributed by atoms with E-state index in [2.05, 4.69) is 46.7 Å². The fourth-order valence-corrected chi connectivity index (χ4v) is 3.19. The molecule has 7 heteroatoms. The minimum Gasteiger partial charge on any atom is -0.444 e. The molecule has 1 N–H and O–H groups in total. The molecule has 0 spiro atoms. The fraction of sp³-hybridized carbons (Fsp3) is 0.632. The Morgan fingerprint density at radius 2 is 2.08 bits per heavy atom. The Hall–Kier alpha value is -1.82. The molecule has 1 atom stereocenters. The average molecular weight is 381 g/mol. The molecule has 0 saturated carbocycles. The monoisotopic (exact) mass is 380 g/mol. The van der Waals surface area contributed by atoms with Crippen LogP contribution in [0.25, 0.3) is 11.0 Å². The Bertz CT molecular complexity index is 765. The van der Waals surface area contributed by atoms with Crippen LogP contribution in [0.5, 0.6) is 0 Å². The summed E-state index contributed by atoms with van der Waals surface area (Å²) in [7, 11) is 0. The molecule has 0 bridgehead atoms. The number of hydrogen-bond acceptors (Lipinski definition) is 4. The Morgan fingerprint density at radius 3 is 2.65 bits per heavy atom. The first-order valence-corrected chi connectivity index (χ1v) is 9.47. The number of hydrogen-bond donors (Lipinski definition) is 1. The van der Waals surface area contributed by atoms with Gasteiger partial charge in [0.05, 0.1) is 6.04 Å². The third-order valence-corrected chi connectivity index (χ3v) is 4.16. The van der Waals surface area contributed by atoms with Crippen LogP contribution in [-0.2, 0) is 11.2 Å². The predicted molar refractivity (Wildman–Crippen MR) is 105 cm³/mol. The Morgan fingerprint density at radius 1 is 1.38 bits per heavy atom. The van der Waals surface area contributed by atoms with Crippen molar-refractivity contribution >= 4 is 28.7 Å². The van der Waals surface area contributed by atoms with Gasteiger partial charge in [0.1, 0.15) is 11.2 Å². The van der Waals surface area contributed by atoms with E-state index in [0.29, 0.717) is 12.5 Å². The van der Waals surface area contributed by atoms with E-state index in [9.17, 15) is 4.79 Å². The minimum absolute atomic E-state index is 0.0564. The van der Waals surface area contributed by atoms with E-state index < -0.39 is 11.7 Å². The van der Waals surface area contributed by atoms with Crippen molar-refractivity contribution < 1.29 is 9.53 Å². The third kappa shape index (κ3) is 5.34. The molecule has 2 rings (SSSR count). The van der Waals surface area contributed by atoms with E-state index in [4.69, 9.17) is 16.3 Å². The van der Waals surface area contributed by atoms with E-state index in [1.54, 1.807) is 6.20 Å². The van der Waals surface area contributed by atoms with Gasteiger partial charge in [0.25, 0.3) is 0 Å². The second kappa shape index (κ2) is 8.25. The van der Waals surface area contributed by atoms with E-state index in [1.807, 2.05) is 20.8 Å². The summed E-state index contributed by atoms with van der Waals surface area (Å²) in [4.78, 5) is 20.6. The SMILES string of the molecule is CCc1cc2cnc(Cl)nc2n1C(CNC(=O)OC(C)(C)C)CC(C)C. The molecular formula is C19H29ClN4O2. The molecule has 6 nitrogen and oxygen atoms in total. The molecule has 0 saturated heterocycles. The summed E-state index contributed by atoms with van der Waals surface area (Å²) in [6, 6.07) is 2.15. The molecule has 0 aliphatic heterocycles. The summed E-state index contributed by atoms with van der Waals surface area (Å²) in [6.45, 7) is 12.5. The van der Waals surface area contributed by atoms with Crippen LogP contribution in [0.4, 0.5) is 4.79 Å². The second-order valence-electron chi connectivity index (χ2n) is 7.94. The van der Waals surface area contributed by atoms with Crippen molar-refractivity contribution in [2.75, 3.05) is 6.54 Å². The van der Waals surface area contributed by atoms with E-state index >= 15 is 0 Å². The topological polar surface area (TPSA) is 69.0 Å². The first kappa shape index (κ1) is 20.5. The molecule has 2 aromatic rings. The van der Waals surface area contributed by atoms with E-state index in [0.717, 1.165) is 29.6 Å².